The average molecular weight is 399 g/mol. The zero-order chi connectivity index (χ0) is 18.9. The summed E-state index contributed by atoms with van der Waals surface area (Å²) >= 11 is 7.25. The van der Waals surface area contributed by atoms with E-state index in [9.17, 15) is 18.0 Å². The molecule has 0 saturated heterocycles. The van der Waals surface area contributed by atoms with Crippen LogP contribution in [0.15, 0.2) is 48.8 Å². The van der Waals surface area contributed by atoms with E-state index in [0.717, 1.165) is 10.9 Å². The fourth-order valence-electron chi connectivity index (χ4n) is 2.70. The Kier molecular flexibility index (Phi) is 5.11. The number of alkyl halides is 3. The molecule has 0 fully saturated rings. The minimum absolute atomic E-state index is 0.0182. The van der Waals surface area contributed by atoms with Crippen molar-refractivity contribution >= 4 is 28.8 Å². The van der Waals surface area contributed by atoms with Crippen LogP contribution < -0.4 is 5.32 Å². The molecule has 3 aromatic rings. The van der Waals surface area contributed by atoms with Crippen molar-refractivity contribution in [3.05, 3.63) is 69.8 Å². The predicted molar refractivity (Wildman–Crippen MR) is 96.4 cm³/mol. The van der Waals surface area contributed by atoms with Gasteiger partial charge in [-0.3, -0.25) is 4.79 Å². The summed E-state index contributed by atoms with van der Waals surface area (Å²) in [6.45, 7) is 1.52. The summed E-state index contributed by atoms with van der Waals surface area (Å²) in [6.07, 6.45) is -1.31. The van der Waals surface area contributed by atoms with E-state index in [4.69, 9.17) is 11.6 Å². The van der Waals surface area contributed by atoms with Crippen LogP contribution in [0.3, 0.4) is 0 Å². The number of H-pyrrole nitrogens is 1. The largest absolute Gasteiger partial charge is 0.416 e. The highest BCUT2D eigenvalue weighted by atomic mass is 35.5. The molecule has 3 rings (SSSR count). The topological polar surface area (TPSA) is 44.9 Å². The minimum atomic E-state index is -4.48. The smallest absolute Gasteiger partial charge is 0.366 e. The van der Waals surface area contributed by atoms with E-state index in [2.05, 4.69) is 10.3 Å². The molecule has 0 saturated carbocycles. The third-order valence-corrected chi connectivity index (χ3v) is 5.17. The third-order valence-electron chi connectivity index (χ3n) is 3.91. The highest BCUT2D eigenvalue weighted by molar-refractivity contribution is 7.19. The van der Waals surface area contributed by atoms with Gasteiger partial charge in [-0.2, -0.15) is 13.2 Å². The fraction of sp³-hybridized carbons (Fsp3) is 0.167. The first kappa shape index (κ1) is 18.5. The monoisotopic (exact) mass is 398 g/mol. The van der Waals surface area contributed by atoms with Crippen LogP contribution in [-0.2, 0) is 6.18 Å². The normalized spacial score (nSPS) is 12.8. The van der Waals surface area contributed by atoms with Crippen LogP contribution in [0, 0.1) is 0 Å². The molecule has 2 aromatic heterocycles. The number of amides is 1. The van der Waals surface area contributed by atoms with Crippen molar-refractivity contribution < 1.29 is 18.0 Å². The Labute approximate surface area is 156 Å². The Balaban J connectivity index is 1.85. The van der Waals surface area contributed by atoms with Crippen LogP contribution in [0.2, 0.25) is 4.34 Å². The number of hydrogen-bond acceptors (Lipinski definition) is 2. The number of benzene rings is 1. The standard InChI is InChI=1S/C18H14ClF3N2OS/c1-10(11-4-2-3-5-14(11)18(20,21)22)24-17(25)13-9-23-8-12(13)15-6-7-16(19)26-15/h2-10,23H,1H3,(H,24,25)/t10-/m0/s1. The molecular formula is C18H14ClF3N2OS. The van der Waals surface area contributed by atoms with Gasteiger partial charge in [0, 0.05) is 22.8 Å². The van der Waals surface area contributed by atoms with E-state index < -0.39 is 23.7 Å². The van der Waals surface area contributed by atoms with E-state index in [1.807, 2.05) is 0 Å². The molecule has 2 N–H and O–H groups in total. The van der Waals surface area contributed by atoms with Crippen LogP contribution in [0.25, 0.3) is 10.4 Å². The van der Waals surface area contributed by atoms with Gasteiger partial charge in [-0.1, -0.05) is 29.8 Å². The van der Waals surface area contributed by atoms with Crippen LogP contribution in [0.1, 0.15) is 34.5 Å². The number of aromatic amines is 1. The second kappa shape index (κ2) is 7.17. The number of hydrogen-bond donors (Lipinski definition) is 2. The zero-order valence-electron chi connectivity index (χ0n) is 13.5. The number of nitrogens with one attached hydrogen (secondary N) is 2. The van der Waals surface area contributed by atoms with Crippen molar-refractivity contribution in [2.24, 2.45) is 0 Å². The molecule has 1 aromatic carbocycles. The molecule has 3 nitrogen and oxygen atoms in total. The zero-order valence-corrected chi connectivity index (χ0v) is 15.1. The van der Waals surface area contributed by atoms with E-state index >= 15 is 0 Å². The Morgan fingerprint density at radius 2 is 1.92 bits per heavy atom. The van der Waals surface area contributed by atoms with E-state index in [-0.39, 0.29) is 5.56 Å². The second-order valence-corrected chi connectivity index (χ2v) is 7.38. The quantitative estimate of drug-likeness (QED) is 0.564. The van der Waals surface area contributed by atoms with Crippen molar-refractivity contribution in [2.75, 3.05) is 0 Å². The van der Waals surface area contributed by atoms with Crippen molar-refractivity contribution in [3.63, 3.8) is 0 Å². The van der Waals surface area contributed by atoms with E-state index in [1.54, 1.807) is 18.3 Å². The van der Waals surface area contributed by atoms with Gasteiger partial charge in [0.2, 0.25) is 0 Å². The van der Waals surface area contributed by atoms with Crippen LogP contribution in [-0.4, -0.2) is 10.9 Å². The summed E-state index contributed by atoms with van der Waals surface area (Å²) in [5.74, 6) is -0.463. The van der Waals surface area contributed by atoms with Gasteiger partial charge < -0.3 is 10.3 Å². The number of halogens is 4. The molecule has 0 bridgehead atoms. The lowest BCUT2D eigenvalue weighted by Crippen LogP contribution is -2.28. The summed E-state index contributed by atoms with van der Waals surface area (Å²) in [6, 6.07) is 7.91. The van der Waals surface area contributed by atoms with Gasteiger partial charge >= 0.3 is 6.18 Å². The van der Waals surface area contributed by atoms with Gasteiger partial charge in [0.25, 0.3) is 5.91 Å². The molecule has 8 heteroatoms. The van der Waals surface area contributed by atoms with Gasteiger partial charge in [0.1, 0.15) is 0 Å². The molecule has 0 radical (unpaired) electrons. The highest BCUT2D eigenvalue weighted by Gasteiger charge is 2.34. The molecule has 1 amide bonds. The Bertz CT molecular complexity index is 932. The molecule has 136 valence electrons. The van der Waals surface area contributed by atoms with Gasteiger partial charge in [0.15, 0.2) is 0 Å². The molecule has 0 unspecified atom stereocenters. The summed E-state index contributed by atoms with van der Waals surface area (Å²) in [4.78, 5) is 16.3. The van der Waals surface area contributed by atoms with Crippen molar-refractivity contribution in [3.8, 4) is 10.4 Å². The number of thiophene rings is 1. The maximum Gasteiger partial charge on any atom is 0.416 e. The molecule has 1 atom stereocenters. The first-order valence-electron chi connectivity index (χ1n) is 7.67. The van der Waals surface area contributed by atoms with Crippen LogP contribution in [0.4, 0.5) is 13.2 Å². The summed E-state index contributed by atoms with van der Waals surface area (Å²) < 4.78 is 40.1. The van der Waals surface area contributed by atoms with Crippen molar-refractivity contribution in [1.82, 2.24) is 10.3 Å². The van der Waals surface area contributed by atoms with E-state index in [1.165, 1.54) is 42.7 Å². The molecule has 26 heavy (non-hydrogen) atoms. The van der Waals surface area contributed by atoms with Gasteiger partial charge in [-0.25, -0.2) is 0 Å². The Hall–Kier alpha value is -2.25. The lowest BCUT2D eigenvalue weighted by Gasteiger charge is -2.19. The summed E-state index contributed by atoms with van der Waals surface area (Å²) in [5, 5.41) is 2.64. The minimum Gasteiger partial charge on any atom is -0.366 e. The van der Waals surface area contributed by atoms with Gasteiger partial charge in [0.05, 0.1) is 21.5 Å². The molecule has 2 heterocycles. The summed E-state index contributed by atoms with van der Waals surface area (Å²) in [7, 11) is 0. The number of carbonyl (C=O) groups excluding carboxylic acids is 1. The second-order valence-electron chi connectivity index (χ2n) is 5.67. The first-order valence-corrected chi connectivity index (χ1v) is 8.86. The maximum absolute atomic E-state index is 13.2. The summed E-state index contributed by atoms with van der Waals surface area (Å²) in [5.41, 5.74) is 0.257. The Morgan fingerprint density at radius 1 is 1.19 bits per heavy atom. The van der Waals surface area contributed by atoms with Crippen molar-refractivity contribution in [1.29, 1.82) is 0 Å². The predicted octanol–water partition coefficient (Wildman–Crippen LogP) is 5.91. The SMILES string of the molecule is C[C@H](NC(=O)c1c[nH]cc1-c1ccc(Cl)s1)c1ccccc1C(F)(F)F. The molecule has 0 aliphatic heterocycles. The highest BCUT2D eigenvalue weighted by Crippen LogP contribution is 2.35. The Morgan fingerprint density at radius 3 is 2.58 bits per heavy atom. The average Bonchev–Trinajstić information content (AvgIpc) is 3.22. The van der Waals surface area contributed by atoms with Crippen LogP contribution >= 0.6 is 22.9 Å². The molecule has 0 spiro atoms. The van der Waals surface area contributed by atoms with Crippen LogP contribution in [0.5, 0.6) is 0 Å². The lowest BCUT2D eigenvalue weighted by atomic mass is 10.0. The van der Waals surface area contributed by atoms with Gasteiger partial charge in [-0.15, -0.1) is 11.3 Å². The molecular weight excluding hydrogens is 385 g/mol. The number of rotatable bonds is 4. The molecule has 0 aliphatic carbocycles. The van der Waals surface area contributed by atoms with E-state index in [0.29, 0.717) is 15.5 Å². The van der Waals surface area contributed by atoms with Gasteiger partial charge in [-0.05, 0) is 30.7 Å². The maximum atomic E-state index is 13.2. The number of aromatic nitrogens is 1. The lowest BCUT2D eigenvalue weighted by molar-refractivity contribution is -0.138. The third kappa shape index (κ3) is 3.78. The number of carbonyl (C=O) groups is 1. The fourth-order valence-corrected chi connectivity index (χ4v) is 3.77. The first-order chi connectivity index (χ1) is 12.3. The van der Waals surface area contributed by atoms with Crippen molar-refractivity contribution in [2.45, 2.75) is 19.1 Å². The molecule has 0 aliphatic rings.